The standard InChI is InChI=1S/C12H14O3/c1-7(13)12-10-6-9(14)4-2-8(10)3-5-11(12)15/h6,8,14H,2-5H2,1H3. The molecule has 1 atom stereocenters. The smallest absolute Gasteiger partial charge is 0.166 e. The molecule has 0 heterocycles. The molecule has 0 fully saturated rings. The molecule has 0 bridgehead atoms. The van der Waals surface area contributed by atoms with Crippen molar-refractivity contribution in [3.05, 3.63) is 23.0 Å². The Hall–Kier alpha value is -1.38. The van der Waals surface area contributed by atoms with Gasteiger partial charge in [-0.15, -0.1) is 0 Å². The number of rotatable bonds is 1. The van der Waals surface area contributed by atoms with Crippen molar-refractivity contribution in [3.8, 4) is 0 Å². The molecule has 0 saturated heterocycles. The number of aliphatic hydroxyl groups is 1. The van der Waals surface area contributed by atoms with Crippen molar-refractivity contribution >= 4 is 11.6 Å². The van der Waals surface area contributed by atoms with Crippen LogP contribution in [0.15, 0.2) is 23.0 Å². The van der Waals surface area contributed by atoms with Gasteiger partial charge in [0.25, 0.3) is 0 Å². The third kappa shape index (κ3) is 1.74. The number of carbonyl (C=O) groups is 2. The zero-order valence-electron chi connectivity index (χ0n) is 8.75. The Balaban J connectivity index is 2.53. The predicted octanol–water partition coefficient (Wildman–Crippen LogP) is 2.09. The third-order valence-corrected chi connectivity index (χ3v) is 3.15. The highest BCUT2D eigenvalue weighted by Crippen LogP contribution is 2.37. The van der Waals surface area contributed by atoms with Crippen LogP contribution in [-0.4, -0.2) is 16.7 Å². The van der Waals surface area contributed by atoms with Crippen molar-refractivity contribution in [1.29, 1.82) is 0 Å². The van der Waals surface area contributed by atoms with Crippen LogP contribution >= 0.6 is 0 Å². The summed E-state index contributed by atoms with van der Waals surface area (Å²) in [6.07, 6.45) is 4.41. The average molecular weight is 206 g/mol. The highest BCUT2D eigenvalue weighted by molar-refractivity contribution is 6.20. The first-order valence-corrected chi connectivity index (χ1v) is 5.27. The van der Waals surface area contributed by atoms with Crippen LogP contribution in [0.1, 0.15) is 32.6 Å². The molecule has 15 heavy (non-hydrogen) atoms. The minimum atomic E-state index is -0.175. The maximum Gasteiger partial charge on any atom is 0.166 e. The molecule has 0 radical (unpaired) electrons. The summed E-state index contributed by atoms with van der Waals surface area (Å²) in [5.74, 6) is 0.331. The van der Waals surface area contributed by atoms with Crippen molar-refractivity contribution in [3.63, 3.8) is 0 Å². The van der Waals surface area contributed by atoms with Gasteiger partial charge in [-0.3, -0.25) is 9.59 Å². The van der Waals surface area contributed by atoms with Gasteiger partial charge in [-0.05, 0) is 37.3 Å². The lowest BCUT2D eigenvalue weighted by atomic mass is 9.75. The summed E-state index contributed by atoms with van der Waals surface area (Å²) in [7, 11) is 0. The molecule has 0 saturated carbocycles. The molecule has 3 nitrogen and oxygen atoms in total. The molecule has 0 aromatic carbocycles. The van der Waals surface area contributed by atoms with E-state index in [0.717, 1.165) is 18.4 Å². The number of hydrogen-bond acceptors (Lipinski definition) is 3. The maximum atomic E-state index is 11.6. The summed E-state index contributed by atoms with van der Waals surface area (Å²) in [4.78, 5) is 23.0. The van der Waals surface area contributed by atoms with Gasteiger partial charge < -0.3 is 5.11 Å². The first-order valence-electron chi connectivity index (χ1n) is 5.27. The van der Waals surface area contributed by atoms with Crippen molar-refractivity contribution in [2.45, 2.75) is 32.6 Å². The zero-order chi connectivity index (χ0) is 11.0. The second kappa shape index (κ2) is 3.65. The Morgan fingerprint density at radius 1 is 1.40 bits per heavy atom. The van der Waals surface area contributed by atoms with Gasteiger partial charge in [0.15, 0.2) is 11.6 Å². The molecule has 0 aromatic rings. The van der Waals surface area contributed by atoms with Gasteiger partial charge in [-0.25, -0.2) is 0 Å². The topological polar surface area (TPSA) is 54.4 Å². The molecule has 80 valence electrons. The first-order chi connectivity index (χ1) is 7.09. The largest absolute Gasteiger partial charge is 0.512 e. The SMILES string of the molecule is CC(=O)C1=C2C=C(O)CCC2CCC1=O. The number of allylic oxidation sites excluding steroid dienone is 4. The molecule has 1 unspecified atom stereocenters. The van der Waals surface area contributed by atoms with Gasteiger partial charge in [0, 0.05) is 12.8 Å². The Labute approximate surface area is 88.5 Å². The van der Waals surface area contributed by atoms with Gasteiger partial charge in [0.1, 0.15) is 0 Å². The number of Topliss-reactive ketones (excluding diaryl/α,β-unsaturated/α-hetero) is 2. The maximum absolute atomic E-state index is 11.6. The molecule has 0 spiro atoms. The van der Waals surface area contributed by atoms with Crippen molar-refractivity contribution in [2.24, 2.45) is 5.92 Å². The van der Waals surface area contributed by atoms with E-state index < -0.39 is 0 Å². The van der Waals surface area contributed by atoms with Crippen molar-refractivity contribution < 1.29 is 14.7 Å². The van der Waals surface area contributed by atoms with Crippen LogP contribution in [0.3, 0.4) is 0 Å². The van der Waals surface area contributed by atoms with Crippen LogP contribution in [0.4, 0.5) is 0 Å². The molecule has 2 rings (SSSR count). The van der Waals surface area contributed by atoms with E-state index in [1.54, 1.807) is 6.08 Å². The van der Waals surface area contributed by atoms with Crippen LogP contribution < -0.4 is 0 Å². The highest BCUT2D eigenvalue weighted by atomic mass is 16.3. The molecule has 3 heteroatoms. The van der Waals surface area contributed by atoms with E-state index in [1.807, 2.05) is 0 Å². The van der Waals surface area contributed by atoms with Gasteiger partial charge in [-0.1, -0.05) is 0 Å². The fraction of sp³-hybridized carbons (Fsp3) is 0.500. The molecule has 0 amide bonds. The molecule has 1 N–H and O–H groups in total. The normalized spacial score (nSPS) is 26.1. The Bertz CT molecular complexity index is 388. The van der Waals surface area contributed by atoms with Crippen molar-refractivity contribution in [2.75, 3.05) is 0 Å². The van der Waals surface area contributed by atoms with E-state index in [2.05, 4.69) is 0 Å². The summed E-state index contributed by atoms with van der Waals surface area (Å²) < 4.78 is 0. The van der Waals surface area contributed by atoms with E-state index >= 15 is 0 Å². The summed E-state index contributed by atoms with van der Waals surface area (Å²) in [6, 6.07) is 0. The van der Waals surface area contributed by atoms with Crippen molar-refractivity contribution in [1.82, 2.24) is 0 Å². The summed E-state index contributed by atoms with van der Waals surface area (Å²) in [5, 5.41) is 9.44. The van der Waals surface area contributed by atoms with Gasteiger partial charge in [0.2, 0.25) is 0 Å². The summed E-state index contributed by atoms with van der Waals surface area (Å²) in [6.45, 7) is 1.42. The van der Waals surface area contributed by atoms with E-state index in [0.29, 0.717) is 18.4 Å². The molecule has 0 aromatic heterocycles. The van der Waals surface area contributed by atoms with E-state index in [4.69, 9.17) is 0 Å². The highest BCUT2D eigenvalue weighted by Gasteiger charge is 2.31. The molecule has 0 aliphatic heterocycles. The lowest BCUT2D eigenvalue weighted by Crippen LogP contribution is -2.24. The Kier molecular flexibility index (Phi) is 2.47. The molecular formula is C12H14O3. The second-order valence-electron chi connectivity index (χ2n) is 4.22. The van der Waals surface area contributed by atoms with E-state index in [-0.39, 0.29) is 23.2 Å². The number of carbonyl (C=O) groups excluding carboxylic acids is 2. The Morgan fingerprint density at radius 3 is 2.73 bits per heavy atom. The number of aliphatic hydroxyl groups excluding tert-OH is 1. The van der Waals surface area contributed by atoms with Gasteiger partial charge in [-0.2, -0.15) is 0 Å². The van der Waals surface area contributed by atoms with Crippen LogP contribution in [0, 0.1) is 5.92 Å². The van der Waals surface area contributed by atoms with Crippen LogP contribution in [0.5, 0.6) is 0 Å². The molecule has 2 aliphatic rings. The van der Waals surface area contributed by atoms with Crippen LogP contribution in [-0.2, 0) is 9.59 Å². The lowest BCUT2D eigenvalue weighted by molar-refractivity contribution is -0.121. The quantitative estimate of drug-likeness (QED) is 0.668. The zero-order valence-corrected chi connectivity index (χ0v) is 8.75. The molecular weight excluding hydrogens is 192 g/mol. The second-order valence-corrected chi connectivity index (χ2v) is 4.22. The third-order valence-electron chi connectivity index (χ3n) is 3.15. The van der Waals surface area contributed by atoms with Crippen LogP contribution in [0.25, 0.3) is 0 Å². The summed E-state index contributed by atoms with van der Waals surface area (Å²) >= 11 is 0. The molecule has 2 aliphatic carbocycles. The number of hydrogen-bond donors (Lipinski definition) is 1. The van der Waals surface area contributed by atoms with E-state index in [1.165, 1.54) is 6.92 Å². The minimum Gasteiger partial charge on any atom is -0.512 e. The number of ketones is 2. The predicted molar refractivity (Wildman–Crippen MR) is 55.4 cm³/mol. The fourth-order valence-electron chi connectivity index (χ4n) is 2.41. The van der Waals surface area contributed by atoms with Crippen LogP contribution in [0.2, 0.25) is 0 Å². The minimum absolute atomic E-state index is 0.0697. The summed E-state index contributed by atoms with van der Waals surface area (Å²) in [5.41, 5.74) is 1.08. The van der Waals surface area contributed by atoms with Gasteiger partial charge >= 0.3 is 0 Å². The lowest BCUT2D eigenvalue weighted by Gasteiger charge is -2.28. The number of fused-ring (bicyclic) bond motifs is 1. The average Bonchev–Trinajstić information content (AvgIpc) is 2.16. The Morgan fingerprint density at radius 2 is 2.07 bits per heavy atom. The fourth-order valence-corrected chi connectivity index (χ4v) is 2.41. The monoisotopic (exact) mass is 206 g/mol. The van der Waals surface area contributed by atoms with E-state index in [9.17, 15) is 14.7 Å². The van der Waals surface area contributed by atoms with Gasteiger partial charge in [0.05, 0.1) is 11.3 Å². The first kappa shape index (κ1) is 10.1.